The molecule has 1 saturated heterocycles. The van der Waals surface area contributed by atoms with Crippen LogP contribution in [0.3, 0.4) is 0 Å². The summed E-state index contributed by atoms with van der Waals surface area (Å²) in [6, 6.07) is 5.03. The maximum absolute atomic E-state index is 12.3. The molecule has 0 aliphatic carbocycles. The zero-order valence-electron chi connectivity index (χ0n) is 9.60. The summed E-state index contributed by atoms with van der Waals surface area (Å²) < 4.78 is 6.42. The summed E-state index contributed by atoms with van der Waals surface area (Å²) in [5.41, 5.74) is 0.358. The molecule has 1 heterocycles. The Morgan fingerprint density at radius 2 is 2.39 bits per heavy atom. The van der Waals surface area contributed by atoms with Gasteiger partial charge in [0.1, 0.15) is 5.75 Å². The molecule has 1 aliphatic heterocycles. The van der Waals surface area contributed by atoms with Gasteiger partial charge < -0.3 is 14.7 Å². The number of carbonyl (C=O) groups is 1. The van der Waals surface area contributed by atoms with Crippen LogP contribution in [0.15, 0.2) is 18.2 Å². The van der Waals surface area contributed by atoms with Crippen molar-refractivity contribution in [3.63, 3.8) is 0 Å². The smallest absolute Gasteiger partial charge is 0.257 e. The minimum atomic E-state index is -0.139. The number of rotatable bonds is 2. The van der Waals surface area contributed by atoms with Gasteiger partial charge in [-0.2, -0.15) is 0 Å². The van der Waals surface area contributed by atoms with Crippen molar-refractivity contribution >= 4 is 44.4 Å². The molecule has 98 valence electrons. The SMILES string of the molecule is O=C(c1cc(I)ccc1O)N1CCOC(CBr)C1. The van der Waals surface area contributed by atoms with Crippen molar-refractivity contribution in [3.05, 3.63) is 27.3 Å². The number of hydrogen-bond donors (Lipinski definition) is 1. The highest BCUT2D eigenvalue weighted by Crippen LogP contribution is 2.22. The predicted molar refractivity (Wildman–Crippen MR) is 80.3 cm³/mol. The van der Waals surface area contributed by atoms with Gasteiger partial charge in [0.15, 0.2) is 0 Å². The number of halogens is 2. The summed E-state index contributed by atoms with van der Waals surface area (Å²) >= 11 is 5.48. The molecule has 4 nitrogen and oxygen atoms in total. The third-order valence-electron chi connectivity index (χ3n) is 2.79. The highest BCUT2D eigenvalue weighted by Gasteiger charge is 2.25. The molecule has 1 N–H and O–H groups in total. The summed E-state index contributed by atoms with van der Waals surface area (Å²) in [4.78, 5) is 14.0. The van der Waals surface area contributed by atoms with Crippen molar-refractivity contribution in [1.29, 1.82) is 0 Å². The minimum Gasteiger partial charge on any atom is -0.507 e. The molecule has 0 bridgehead atoms. The van der Waals surface area contributed by atoms with Gasteiger partial charge in [-0.25, -0.2) is 0 Å². The van der Waals surface area contributed by atoms with E-state index in [4.69, 9.17) is 4.74 Å². The quantitative estimate of drug-likeness (QED) is 0.584. The van der Waals surface area contributed by atoms with Crippen molar-refractivity contribution < 1.29 is 14.6 Å². The number of amides is 1. The molecule has 1 aliphatic rings. The highest BCUT2D eigenvalue weighted by molar-refractivity contribution is 14.1. The molecule has 1 amide bonds. The Morgan fingerprint density at radius 1 is 1.61 bits per heavy atom. The first-order chi connectivity index (χ1) is 8.61. The molecule has 1 aromatic carbocycles. The standard InChI is InChI=1S/C12H13BrINO3/c13-6-9-7-15(3-4-18-9)12(17)10-5-8(14)1-2-11(10)16/h1-2,5,9,16H,3-4,6-7H2. The molecule has 1 atom stereocenters. The van der Waals surface area contributed by atoms with Gasteiger partial charge in [-0.3, -0.25) is 4.79 Å². The van der Waals surface area contributed by atoms with Crippen LogP contribution in [0, 0.1) is 3.57 Å². The normalized spacial score (nSPS) is 19.9. The first-order valence-electron chi connectivity index (χ1n) is 5.57. The molecule has 18 heavy (non-hydrogen) atoms. The molecule has 1 fully saturated rings. The topological polar surface area (TPSA) is 49.8 Å². The number of carbonyl (C=O) groups excluding carboxylic acids is 1. The molecular formula is C12H13BrINO3. The first-order valence-corrected chi connectivity index (χ1v) is 7.77. The third-order valence-corrected chi connectivity index (χ3v) is 4.18. The first kappa shape index (κ1) is 14.1. The Labute approximate surface area is 128 Å². The molecule has 0 saturated carbocycles. The highest BCUT2D eigenvalue weighted by atomic mass is 127. The Morgan fingerprint density at radius 3 is 3.11 bits per heavy atom. The molecule has 2 rings (SSSR count). The van der Waals surface area contributed by atoms with Gasteiger partial charge in [0.05, 0.1) is 18.3 Å². The van der Waals surface area contributed by atoms with Gasteiger partial charge in [0.25, 0.3) is 5.91 Å². The van der Waals surface area contributed by atoms with E-state index in [0.717, 1.165) is 3.57 Å². The zero-order chi connectivity index (χ0) is 13.1. The van der Waals surface area contributed by atoms with E-state index in [2.05, 4.69) is 38.5 Å². The lowest BCUT2D eigenvalue weighted by Crippen LogP contribution is -2.46. The van der Waals surface area contributed by atoms with Crippen molar-refractivity contribution in [2.75, 3.05) is 25.0 Å². The fourth-order valence-electron chi connectivity index (χ4n) is 1.85. The largest absolute Gasteiger partial charge is 0.507 e. The van der Waals surface area contributed by atoms with Gasteiger partial charge in [-0.1, -0.05) is 15.9 Å². The number of phenols is 1. The van der Waals surface area contributed by atoms with Gasteiger partial charge in [0, 0.05) is 22.0 Å². The Bertz CT molecular complexity index is 455. The Kier molecular flexibility index (Phi) is 4.85. The van der Waals surface area contributed by atoms with Crippen LogP contribution in [-0.2, 0) is 4.74 Å². The van der Waals surface area contributed by atoms with Crippen LogP contribution >= 0.6 is 38.5 Å². The van der Waals surface area contributed by atoms with E-state index in [1.807, 2.05) is 0 Å². The zero-order valence-corrected chi connectivity index (χ0v) is 13.3. The van der Waals surface area contributed by atoms with E-state index in [-0.39, 0.29) is 17.8 Å². The van der Waals surface area contributed by atoms with Crippen molar-refractivity contribution in [1.82, 2.24) is 4.90 Å². The molecule has 1 aromatic rings. The fourth-order valence-corrected chi connectivity index (χ4v) is 2.73. The van der Waals surface area contributed by atoms with Crippen molar-refractivity contribution in [2.45, 2.75) is 6.10 Å². The van der Waals surface area contributed by atoms with Crippen molar-refractivity contribution in [2.24, 2.45) is 0 Å². The van der Waals surface area contributed by atoms with Gasteiger partial charge in [-0.15, -0.1) is 0 Å². The number of alkyl halides is 1. The van der Waals surface area contributed by atoms with Gasteiger partial charge in [-0.05, 0) is 40.8 Å². The van der Waals surface area contributed by atoms with Crippen molar-refractivity contribution in [3.8, 4) is 5.75 Å². The monoisotopic (exact) mass is 425 g/mol. The predicted octanol–water partition coefficient (Wildman–Crippen LogP) is 2.23. The fraction of sp³-hybridized carbons (Fsp3) is 0.417. The number of nitrogens with zero attached hydrogens (tertiary/aromatic N) is 1. The number of benzene rings is 1. The average Bonchev–Trinajstić information content (AvgIpc) is 2.41. The van der Waals surface area contributed by atoms with Crippen LogP contribution in [0.5, 0.6) is 5.75 Å². The van der Waals surface area contributed by atoms with Gasteiger partial charge >= 0.3 is 0 Å². The van der Waals surface area contributed by atoms with Gasteiger partial charge in [0.2, 0.25) is 0 Å². The van der Waals surface area contributed by atoms with Crippen LogP contribution in [-0.4, -0.2) is 47.0 Å². The summed E-state index contributed by atoms with van der Waals surface area (Å²) in [5.74, 6) is -0.109. The van der Waals surface area contributed by atoms with E-state index in [1.165, 1.54) is 0 Å². The molecule has 0 aromatic heterocycles. The van der Waals surface area contributed by atoms with Crippen LogP contribution in [0.25, 0.3) is 0 Å². The number of ether oxygens (including phenoxy) is 1. The number of hydrogen-bond acceptors (Lipinski definition) is 3. The summed E-state index contributed by atoms with van der Waals surface area (Å²) in [5, 5.41) is 10.5. The lowest BCUT2D eigenvalue weighted by molar-refractivity contribution is -0.00975. The summed E-state index contributed by atoms with van der Waals surface area (Å²) in [7, 11) is 0. The van der Waals surface area contributed by atoms with Crippen LogP contribution in [0.1, 0.15) is 10.4 Å². The van der Waals surface area contributed by atoms with E-state index in [9.17, 15) is 9.90 Å². The Balaban J connectivity index is 2.17. The van der Waals surface area contributed by atoms with E-state index >= 15 is 0 Å². The Hall–Kier alpha value is -0.340. The maximum Gasteiger partial charge on any atom is 0.257 e. The number of aromatic hydroxyl groups is 1. The number of morpholine rings is 1. The van der Waals surface area contributed by atoms with Crippen LogP contribution in [0.2, 0.25) is 0 Å². The molecule has 0 spiro atoms. The van der Waals surface area contributed by atoms with Crippen LogP contribution in [0.4, 0.5) is 0 Å². The summed E-state index contributed by atoms with van der Waals surface area (Å²) in [6.07, 6.45) is 0.0210. The lowest BCUT2D eigenvalue weighted by Gasteiger charge is -2.32. The molecule has 0 radical (unpaired) electrons. The minimum absolute atomic E-state index is 0.0210. The third kappa shape index (κ3) is 3.16. The number of phenolic OH excluding ortho intramolecular Hbond substituents is 1. The van der Waals surface area contributed by atoms with E-state index < -0.39 is 0 Å². The molecule has 6 heteroatoms. The second kappa shape index (κ2) is 6.21. The van der Waals surface area contributed by atoms with Crippen LogP contribution < -0.4 is 0 Å². The van der Waals surface area contributed by atoms with E-state index in [1.54, 1.807) is 23.1 Å². The molecule has 1 unspecified atom stereocenters. The van der Waals surface area contributed by atoms with E-state index in [0.29, 0.717) is 30.6 Å². The average molecular weight is 426 g/mol. The maximum atomic E-state index is 12.3. The second-order valence-electron chi connectivity index (χ2n) is 4.06. The second-order valence-corrected chi connectivity index (χ2v) is 5.95. The summed E-state index contributed by atoms with van der Waals surface area (Å²) in [6.45, 7) is 1.65. The molecular weight excluding hydrogens is 413 g/mol. The lowest BCUT2D eigenvalue weighted by atomic mass is 10.1.